The maximum atomic E-state index is 11.3. The Morgan fingerprint density at radius 2 is 2.40 bits per heavy atom. The zero-order chi connectivity index (χ0) is 11.3. The number of oxime groups is 1. The van der Waals surface area contributed by atoms with Gasteiger partial charge in [-0.2, -0.15) is 4.98 Å². The standard InChI is InChI=1S/C7H10N4O4/c1-3-14-6(12)4(10-13-2)5-9-7(8)15-11-5/h3H2,1-2H3,(H2,8,9,11)/b10-4-. The highest BCUT2D eigenvalue weighted by Crippen LogP contribution is 2.02. The van der Waals surface area contributed by atoms with E-state index in [2.05, 4.69) is 24.7 Å². The number of esters is 1. The van der Waals surface area contributed by atoms with E-state index in [0.717, 1.165) is 0 Å². The first kappa shape index (κ1) is 11.0. The van der Waals surface area contributed by atoms with E-state index >= 15 is 0 Å². The average Bonchev–Trinajstić information content (AvgIpc) is 2.61. The van der Waals surface area contributed by atoms with Gasteiger partial charge in [0.25, 0.3) is 0 Å². The topological polar surface area (TPSA) is 113 Å². The van der Waals surface area contributed by atoms with Crippen LogP contribution in [0.2, 0.25) is 0 Å². The van der Waals surface area contributed by atoms with E-state index in [-0.39, 0.29) is 24.2 Å². The molecule has 8 nitrogen and oxygen atoms in total. The van der Waals surface area contributed by atoms with E-state index in [9.17, 15) is 4.79 Å². The lowest BCUT2D eigenvalue weighted by atomic mass is 10.3. The second-order valence-corrected chi connectivity index (χ2v) is 2.30. The number of ether oxygens (including phenoxy) is 1. The number of carbonyl (C=O) groups excluding carboxylic acids is 1. The number of nitrogens with two attached hydrogens (primary N) is 1. The summed E-state index contributed by atoms with van der Waals surface area (Å²) >= 11 is 0. The van der Waals surface area contributed by atoms with Gasteiger partial charge in [-0.05, 0) is 6.92 Å². The van der Waals surface area contributed by atoms with Crippen LogP contribution in [0.3, 0.4) is 0 Å². The Bertz CT molecular complexity index is 373. The summed E-state index contributed by atoms with van der Waals surface area (Å²) in [5, 5.41) is 6.84. The minimum atomic E-state index is -0.708. The van der Waals surface area contributed by atoms with E-state index in [4.69, 9.17) is 10.5 Å². The number of nitrogens with zero attached hydrogens (tertiary/aromatic N) is 3. The molecule has 1 aromatic heterocycles. The van der Waals surface area contributed by atoms with Crippen LogP contribution in [0.5, 0.6) is 0 Å². The zero-order valence-corrected chi connectivity index (χ0v) is 8.26. The number of anilines is 1. The van der Waals surface area contributed by atoms with Crippen molar-refractivity contribution in [1.29, 1.82) is 0 Å². The van der Waals surface area contributed by atoms with Gasteiger partial charge in [0.05, 0.1) is 6.61 Å². The Morgan fingerprint density at radius 1 is 1.67 bits per heavy atom. The molecule has 0 spiro atoms. The van der Waals surface area contributed by atoms with Crippen LogP contribution in [0, 0.1) is 0 Å². The van der Waals surface area contributed by atoms with Gasteiger partial charge < -0.3 is 19.8 Å². The summed E-state index contributed by atoms with van der Waals surface area (Å²) < 4.78 is 9.20. The Labute approximate surface area is 85.0 Å². The maximum Gasteiger partial charge on any atom is 0.364 e. The number of hydrogen-bond acceptors (Lipinski definition) is 8. The molecule has 8 heteroatoms. The molecule has 0 aliphatic rings. The predicted octanol–water partition coefficient (Wildman–Crippen LogP) is -0.435. The summed E-state index contributed by atoms with van der Waals surface area (Å²) in [4.78, 5) is 19.4. The van der Waals surface area contributed by atoms with E-state index in [1.807, 2.05) is 0 Å². The maximum absolute atomic E-state index is 11.3. The summed E-state index contributed by atoms with van der Waals surface area (Å²) in [5.74, 6) is -0.784. The second-order valence-electron chi connectivity index (χ2n) is 2.30. The Balaban J connectivity index is 2.93. The highest BCUT2D eigenvalue weighted by molar-refractivity contribution is 6.42. The fourth-order valence-electron chi connectivity index (χ4n) is 0.792. The van der Waals surface area contributed by atoms with Crippen molar-refractivity contribution < 1.29 is 18.9 Å². The summed E-state index contributed by atoms with van der Waals surface area (Å²) in [6, 6.07) is -0.168. The third kappa shape index (κ3) is 2.66. The summed E-state index contributed by atoms with van der Waals surface area (Å²) in [6.45, 7) is 1.86. The molecule has 1 aromatic rings. The molecule has 0 saturated carbocycles. The van der Waals surface area contributed by atoms with Crippen LogP contribution in [0.4, 0.5) is 6.01 Å². The van der Waals surface area contributed by atoms with Gasteiger partial charge in [0.2, 0.25) is 11.5 Å². The number of nitrogen functional groups attached to an aromatic ring is 1. The molecule has 0 radical (unpaired) electrons. The molecule has 15 heavy (non-hydrogen) atoms. The largest absolute Gasteiger partial charge is 0.461 e. The van der Waals surface area contributed by atoms with E-state index in [1.54, 1.807) is 6.92 Å². The summed E-state index contributed by atoms with van der Waals surface area (Å²) in [5.41, 5.74) is 5.00. The molecule has 0 unspecified atom stereocenters. The molecule has 0 saturated heterocycles. The number of carbonyl (C=O) groups is 1. The summed E-state index contributed by atoms with van der Waals surface area (Å²) in [7, 11) is 1.28. The van der Waals surface area contributed by atoms with Crippen LogP contribution in [-0.4, -0.2) is 35.5 Å². The van der Waals surface area contributed by atoms with Crippen molar-refractivity contribution in [2.75, 3.05) is 19.5 Å². The minimum absolute atomic E-state index is 0.0761. The Kier molecular flexibility index (Phi) is 3.61. The first-order valence-corrected chi connectivity index (χ1v) is 4.06. The highest BCUT2D eigenvalue weighted by atomic mass is 16.6. The lowest BCUT2D eigenvalue weighted by molar-refractivity contribution is -0.135. The van der Waals surface area contributed by atoms with Gasteiger partial charge in [-0.15, -0.1) is 0 Å². The average molecular weight is 214 g/mol. The molecule has 0 aliphatic carbocycles. The van der Waals surface area contributed by atoms with Gasteiger partial charge in [-0.25, -0.2) is 4.79 Å². The molecule has 0 aromatic carbocycles. The van der Waals surface area contributed by atoms with Crippen molar-refractivity contribution in [3.05, 3.63) is 5.82 Å². The van der Waals surface area contributed by atoms with Gasteiger partial charge in [-0.3, -0.25) is 0 Å². The number of aromatic nitrogens is 2. The van der Waals surface area contributed by atoms with E-state index < -0.39 is 5.97 Å². The lowest BCUT2D eigenvalue weighted by Gasteiger charge is -2.00. The second kappa shape index (κ2) is 4.94. The van der Waals surface area contributed by atoms with Crippen molar-refractivity contribution in [3.8, 4) is 0 Å². The van der Waals surface area contributed by atoms with Crippen LogP contribution in [0.1, 0.15) is 12.7 Å². The molecule has 0 atom stereocenters. The molecule has 82 valence electrons. The van der Waals surface area contributed by atoms with Crippen LogP contribution in [-0.2, 0) is 14.4 Å². The molecular formula is C7H10N4O4. The van der Waals surface area contributed by atoms with E-state index in [0.29, 0.717) is 0 Å². The molecular weight excluding hydrogens is 204 g/mol. The van der Waals surface area contributed by atoms with Crippen molar-refractivity contribution in [1.82, 2.24) is 10.1 Å². The van der Waals surface area contributed by atoms with Crippen LogP contribution in [0.25, 0.3) is 0 Å². The third-order valence-electron chi connectivity index (χ3n) is 1.30. The monoisotopic (exact) mass is 214 g/mol. The molecule has 2 N–H and O–H groups in total. The van der Waals surface area contributed by atoms with Gasteiger partial charge >= 0.3 is 12.0 Å². The predicted molar refractivity (Wildman–Crippen MR) is 48.9 cm³/mol. The van der Waals surface area contributed by atoms with Gasteiger partial charge in [0.15, 0.2) is 0 Å². The Morgan fingerprint density at radius 3 is 2.87 bits per heavy atom. The lowest BCUT2D eigenvalue weighted by Crippen LogP contribution is -2.20. The molecule has 0 bridgehead atoms. The van der Waals surface area contributed by atoms with Gasteiger partial charge in [-0.1, -0.05) is 10.3 Å². The smallest absolute Gasteiger partial charge is 0.364 e. The van der Waals surface area contributed by atoms with E-state index in [1.165, 1.54) is 7.11 Å². The Hall–Kier alpha value is -2.12. The zero-order valence-electron chi connectivity index (χ0n) is 8.26. The fraction of sp³-hybridized carbons (Fsp3) is 0.429. The minimum Gasteiger partial charge on any atom is -0.461 e. The van der Waals surface area contributed by atoms with Crippen LogP contribution in [0.15, 0.2) is 9.68 Å². The molecule has 1 rings (SSSR count). The highest BCUT2D eigenvalue weighted by Gasteiger charge is 2.22. The SMILES string of the molecule is CCOC(=O)/C(=N\OC)c1noc(N)n1. The fourth-order valence-corrected chi connectivity index (χ4v) is 0.792. The molecule has 0 aliphatic heterocycles. The molecule has 1 heterocycles. The first-order chi connectivity index (χ1) is 7.19. The van der Waals surface area contributed by atoms with Gasteiger partial charge in [0, 0.05) is 0 Å². The number of rotatable bonds is 4. The molecule has 0 amide bonds. The van der Waals surface area contributed by atoms with Crippen molar-refractivity contribution in [3.63, 3.8) is 0 Å². The van der Waals surface area contributed by atoms with Gasteiger partial charge in [0.1, 0.15) is 7.11 Å². The van der Waals surface area contributed by atoms with Crippen molar-refractivity contribution >= 4 is 17.7 Å². The summed E-state index contributed by atoms with van der Waals surface area (Å²) in [6.07, 6.45) is 0. The van der Waals surface area contributed by atoms with Crippen molar-refractivity contribution in [2.45, 2.75) is 6.92 Å². The number of hydrogen-bond donors (Lipinski definition) is 1. The normalized spacial score (nSPS) is 11.2. The van der Waals surface area contributed by atoms with Crippen LogP contribution >= 0.6 is 0 Å². The quantitative estimate of drug-likeness (QED) is 0.410. The molecule has 0 fully saturated rings. The van der Waals surface area contributed by atoms with Crippen molar-refractivity contribution in [2.24, 2.45) is 5.16 Å². The third-order valence-corrected chi connectivity index (χ3v) is 1.30. The first-order valence-electron chi connectivity index (χ1n) is 4.06. The van der Waals surface area contributed by atoms with Crippen LogP contribution < -0.4 is 5.73 Å².